The smallest absolute Gasteiger partial charge is 0.307 e. The quantitative estimate of drug-likeness (QED) is 0.109. The molecule has 0 rings (SSSR count). The molecule has 1 atom stereocenters. The molecule has 0 saturated carbocycles. The third-order valence-electron chi connectivity index (χ3n) is 5.52. The summed E-state index contributed by atoms with van der Waals surface area (Å²) in [5, 5.41) is 9.27. The standard InChI is InChI=1S/C26H48O4/c1-3-5-6-7-8-9-10-11-12-13-14-15-16-17-18-19-20-21-24(26(28)29)23-25(27)30-22-4-2/h6-7,24H,3-5,8-23H2,1-2H3,(H,28,29)/b7-6+. The highest BCUT2D eigenvalue weighted by Crippen LogP contribution is 2.17. The Morgan fingerprint density at radius 3 is 1.73 bits per heavy atom. The van der Waals surface area contributed by atoms with Crippen LogP contribution in [-0.2, 0) is 14.3 Å². The molecule has 4 heteroatoms. The molecule has 0 aromatic heterocycles. The number of hydrogen-bond acceptors (Lipinski definition) is 3. The Bertz CT molecular complexity index is 431. The fourth-order valence-electron chi connectivity index (χ4n) is 3.61. The molecule has 0 saturated heterocycles. The second-order valence-electron chi connectivity index (χ2n) is 8.54. The zero-order chi connectivity index (χ0) is 22.3. The Morgan fingerprint density at radius 1 is 0.733 bits per heavy atom. The van der Waals surface area contributed by atoms with E-state index in [0.29, 0.717) is 13.0 Å². The van der Waals surface area contributed by atoms with Gasteiger partial charge in [-0.1, -0.05) is 103 Å². The Kier molecular flexibility index (Phi) is 21.4. The number of aliphatic carboxylic acids is 1. The van der Waals surface area contributed by atoms with Crippen molar-refractivity contribution >= 4 is 11.9 Å². The first-order chi connectivity index (χ1) is 14.6. The molecule has 0 aliphatic carbocycles. The zero-order valence-electron chi connectivity index (χ0n) is 19.8. The lowest BCUT2D eigenvalue weighted by molar-refractivity contribution is -0.151. The highest BCUT2D eigenvalue weighted by Gasteiger charge is 2.21. The van der Waals surface area contributed by atoms with Crippen LogP contribution in [0.5, 0.6) is 0 Å². The largest absolute Gasteiger partial charge is 0.481 e. The van der Waals surface area contributed by atoms with Crippen molar-refractivity contribution in [2.45, 2.75) is 129 Å². The molecule has 0 fully saturated rings. The van der Waals surface area contributed by atoms with Crippen molar-refractivity contribution in [1.29, 1.82) is 0 Å². The fourth-order valence-corrected chi connectivity index (χ4v) is 3.61. The third kappa shape index (κ3) is 20.0. The van der Waals surface area contributed by atoms with Gasteiger partial charge in [0.15, 0.2) is 0 Å². The van der Waals surface area contributed by atoms with E-state index in [1.807, 2.05) is 6.92 Å². The summed E-state index contributed by atoms with van der Waals surface area (Å²) in [5.41, 5.74) is 0. The maximum absolute atomic E-state index is 11.6. The summed E-state index contributed by atoms with van der Waals surface area (Å²) in [6.45, 7) is 4.53. The van der Waals surface area contributed by atoms with Gasteiger partial charge in [0.25, 0.3) is 0 Å². The zero-order valence-corrected chi connectivity index (χ0v) is 19.8. The Morgan fingerprint density at radius 2 is 1.23 bits per heavy atom. The highest BCUT2D eigenvalue weighted by molar-refractivity contribution is 5.78. The van der Waals surface area contributed by atoms with E-state index in [1.54, 1.807) is 0 Å². The lowest BCUT2D eigenvalue weighted by Crippen LogP contribution is -2.19. The molecule has 0 aliphatic heterocycles. The average Bonchev–Trinajstić information content (AvgIpc) is 2.73. The number of unbranched alkanes of at least 4 members (excludes halogenated alkanes) is 13. The maximum Gasteiger partial charge on any atom is 0.307 e. The number of esters is 1. The van der Waals surface area contributed by atoms with E-state index in [0.717, 1.165) is 25.7 Å². The number of carboxylic acids is 1. The van der Waals surface area contributed by atoms with Crippen molar-refractivity contribution in [3.8, 4) is 0 Å². The van der Waals surface area contributed by atoms with Crippen LogP contribution >= 0.6 is 0 Å². The number of rotatable bonds is 22. The van der Waals surface area contributed by atoms with E-state index in [1.165, 1.54) is 77.0 Å². The van der Waals surface area contributed by atoms with Gasteiger partial charge >= 0.3 is 11.9 Å². The van der Waals surface area contributed by atoms with Gasteiger partial charge in [0.05, 0.1) is 18.9 Å². The minimum absolute atomic E-state index is 0.00485. The molecule has 0 spiro atoms. The first-order valence-electron chi connectivity index (χ1n) is 12.6. The van der Waals surface area contributed by atoms with Crippen molar-refractivity contribution in [2.75, 3.05) is 6.61 Å². The van der Waals surface area contributed by atoms with Gasteiger partial charge in [-0.3, -0.25) is 9.59 Å². The van der Waals surface area contributed by atoms with E-state index < -0.39 is 11.9 Å². The van der Waals surface area contributed by atoms with Crippen LogP contribution in [-0.4, -0.2) is 23.7 Å². The highest BCUT2D eigenvalue weighted by atomic mass is 16.5. The van der Waals surface area contributed by atoms with E-state index in [9.17, 15) is 14.7 Å². The van der Waals surface area contributed by atoms with Gasteiger partial charge in [-0.15, -0.1) is 0 Å². The van der Waals surface area contributed by atoms with Crippen LogP contribution in [0.4, 0.5) is 0 Å². The van der Waals surface area contributed by atoms with Gasteiger partial charge in [0, 0.05) is 0 Å². The fraction of sp³-hybridized carbons (Fsp3) is 0.846. The van der Waals surface area contributed by atoms with E-state index in [4.69, 9.17) is 4.74 Å². The van der Waals surface area contributed by atoms with Crippen LogP contribution in [0.3, 0.4) is 0 Å². The summed E-state index contributed by atoms with van der Waals surface area (Å²) in [6, 6.07) is 0. The van der Waals surface area contributed by atoms with E-state index in [-0.39, 0.29) is 12.4 Å². The SMILES string of the molecule is CCC/C=C/CCCCCCCCCCCCCCC(CC(=O)OCCC)C(=O)O. The van der Waals surface area contributed by atoms with Gasteiger partial charge in [-0.25, -0.2) is 0 Å². The van der Waals surface area contributed by atoms with Crippen molar-refractivity contribution in [1.82, 2.24) is 0 Å². The molecular weight excluding hydrogens is 376 g/mol. The molecule has 1 N–H and O–H groups in total. The topological polar surface area (TPSA) is 63.6 Å². The first kappa shape index (κ1) is 28.7. The lowest BCUT2D eigenvalue weighted by Gasteiger charge is -2.11. The van der Waals surface area contributed by atoms with Gasteiger partial charge in [-0.05, 0) is 32.1 Å². The van der Waals surface area contributed by atoms with Gasteiger partial charge in [0.2, 0.25) is 0 Å². The molecule has 0 amide bonds. The lowest BCUT2D eigenvalue weighted by atomic mass is 9.97. The maximum atomic E-state index is 11.6. The Balaban J connectivity index is 3.43. The summed E-state index contributed by atoms with van der Waals surface area (Å²) >= 11 is 0. The second-order valence-corrected chi connectivity index (χ2v) is 8.54. The van der Waals surface area contributed by atoms with Crippen LogP contribution in [0, 0.1) is 5.92 Å². The molecule has 0 heterocycles. The van der Waals surface area contributed by atoms with Crippen LogP contribution in [0.2, 0.25) is 0 Å². The van der Waals surface area contributed by atoms with Crippen LogP contribution in [0.15, 0.2) is 12.2 Å². The molecule has 176 valence electrons. The number of allylic oxidation sites excluding steroid dienone is 2. The molecule has 0 bridgehead atoms. The molecule has 1 unspecified atom stereocenters. The minimum Gasteiger partial charge on any atom is -0.481 e. The molecule has 30 heavy (non-hydrogen) atoms. The monoisotopic (exact) mass is 424 g/mol. The average molecular weight is 425 g/mol. The second kappa shape index (κ2) is 22.4. The normalized spacial score (nSPS) is 12.3. The summed E-state index contributed by atoms with van der Waals surface area (Å²) in [6.07, 6.45) is 24.8. The molecule has 0 aliphatic rings. The van der Waals surface area contributed by atoms with Crippen LogP contribution < -0.4 is 0 Å². The van der Waals surface area contributed by atoms with Gasteiger partial charge in [-0.2, -0.15) is 0 Å². The van der Waals surface area contributed by atoms with Crippen LogP contribution in [0.1, 0.15) is 129 Å². The number of ether oxygens (including phenoxy) is 1. The minimum atomic E-state index is -0.878. The Hall–Kier alpha value is -1.32. The number of hydrogen-bond donors (Lipinski definition) is 1. The number of carbonyl (C=O) groups is 2. The van der Waals surface area contributed by atoms with Gasteiger partial charge in [0.1, 0.15) is 0 Å². The molecule has 0 aromatic carbocycles. The van der Waals surface area contributed by atoms with Crippen LogP contribution in [0.25, 0.3) is 0 Å². The first-order valence-corrected chi connectivity index (χ1v) is 12.6. The van der Waals surface area contributed by atoms with Crippen molar-refractivity contribution in [3.05, 3.63) is 12.2 Å². The van der Waals surface area contributed by atoms with Crippen molar-refractivity contribution in [3.63, 3.8) is 0 Å². The number of carboxylic acid groups (broad SMARTS) is 1. The number of carbonyl (C=O) groups excluding carboxylic acids is 1. The van der Waals surface area contributed by atoms with Gasteiger partial charge < -0.3 is 9.84 Å². The molecule has 0 radical (unpaired) electrons. The molecule has 4 nitrogen and oxygen atoms in total. The predicted molar refractivity (Wildman–Crippen MR) is 126 cm³/mol. The van der Waals surface area contributed by atoms with Crippen molar-refractivity contribution < 1.29 is 19.4 Å². The summed E-state index contributed by atoms with van der Waals surface area (Å²) < 4.78 is 5.00. The molecule has 0 aromatic rings. The summed E-state index contributed by atoms with van der Waals surface area (Å²) in [7, 11) is 0. The molecular formula is C26H48O4. The summed E-state index contributed by atoms with van der Waals surface area (Å²) in [5.74, 6) is -1.86. The Labute approximate surface area is 185 Å². The predicted octanol–water partition coefficient (Wildman–Crippen LogP) is 7.85. The van der Waals surface area contributed by atoms with Crippen molar-refractivity contribution in [2.24, 2.45) is 5.92 Å². The van der Waals surface area contributed by atoms with E-state index >= 15 is 0 Å². The van der Waals surface area contributed by atoms with E-state index in [2.05, 4.69) is 19.1 Å². The third-order valence-corrected chi connectivity index (χ3v) is 5.52. The summed E-state index contributed by atoms with van der Waals surface area (Å²) in [4.78, 5) is 22.9.